The van der Waals surface area contributed by atoms with Crippen molar-refractivity contribution in [3.05, 3.63) is 51.3 Å². The second-order valence-corrected chi connectivity index (χ2v) is 4.93. The smallest absolute Gasteiger partial charge is 0.258 e. The molecule has 0 bridgehead atoms. The first-order valence-electron chi connectivity index (χ1n) is 6.30. The first-order chi connectivity index (χ1) is 9.54. The molecule has 1 aliphatic rings. The van der Waals surface area contributed by atoms with Crippen LogP contribution in [0.3, 0.4) is 0 Å². The van der Waals surface area contributed by atoms with Gasteiger partial charge in [0.1, 0.15) is 5.82 Å². The molecule has 0 aliphatic carbocycles. The van der Waals surface area contributed by atoms with E-state index in [2.05, 4.69) is 15.3 Å². The molecule has 1 aromatic carbocycles. The maximum atomic E-state index is 12.1. The van der Waals surface area contributed by atoms with E-state index in [0.717, 1.165) is 11.1 Å². The van der Waals surface area contributed by atoms with Crippen molar-refractivity contribution in [2.45, 2.75) is 19.3 Å². The summed E-state index contributed by atoms with van der Waals surface area (Å²) in [5.74, 6) is -0.205. The predicted octanol–water partition coefficient (Wildman–Crippen LogP) is 1.13. The minimum Gasteiger partial charge on any atom is -0.369 e. The monoisotopic (exact) mass is 270 g/mol. The van der Waals surface area contributed by atoms with Crippen LogP contribution in [0, 0.1) is 6.92 Å². The fourth-order valence-electron chi connectivity index (χ4n) is 2.47. The van der Waals surface area contributed by atoms with Crippen molar-refractivity contribution in [1.29, 1.82) is 0 Å². The zero-order valence-electron chi connectivity index (χ0n) is 10.9. The van der Waals surface area contributed by atoms with Gasteiger partial charge in [0.2, 0.25) is 11.9 Å². The lowest BCUT2D eigenvalue weighted by Gasteiger charge is -2.24. The number of nitrogens with zero attached hydrogens (tertiary/aromatic N) is 1. The molecule has 20 heavy (non-hydrogen) atoms. The van der Waals surface area contributed by atoms with Gasteiger partial charge >= 0.3 is 0 Å². The number of nitrogens with two attached hydrogens (primary N) is 1. The number of nitrogen functional groups attached to an aromatic ring is 1. The summed E-state index contributed by atoms with van der Waals surface area (Å²) in [5, 5.41) is 2.60. The van der Waals surface area contributed by atoms with Gasteiger partial charge < -0.3 is 11.1 Å². The van der Waals surface area contributed by atoms with E-state index in [0.29, 0.717) is 5.56 Å². The molecule has 1 aliphatic heterocycles. The van der Waals surface area contributed by atoms with E-state index < -0.39 is 0 Å². The minimum atomic E-state index is -0.307. The van der Waals surface area contributed by atoms with E-state index in [1.54, 1.807) is 0 Å². The Morgan fingerprint density at radius 3 is 2.65 bits per heavy atom. The summed E-state index contributed by atoms with van der Waals surface area (Å²) in [6.45, 7) is 1.99. The zero-order valence-corrected chi connectivity index (χ0v) is 10.9. The average Bonchev–Trinajstić information content (AvgIpc) is 2.37. The summed E-state index contributed by atoms with van der Waals surface area (Å²) in [5.41, 5.74) is 7.71. The molecule has 1 unspecified atom stereocenters. The number of amides is 1. The van der Waals surface area contributed by atoms with Crippen molar-refractivity contribution < 1.29 is 4.79 Å². The summed E-state index contributed by atoms with van der Waals surface area (Å²) in [6.07, 6.45) is 0.227. The molecule has 1 aromatic heterocycles. The highest BCUT2D eigenvalue weighted by Crippen LogP contribution is 2.33. The van der Waals surface area contributed by atoms with E-state index in [-0.39, 0.29) is 35.6 Å². The topological polar surface area (TPSA) is 101 Å². The van der Waals surface area contributed by atoms with E-state index in [1.807, 2.05) is 31.2 Å². The van der Waals surface area contributed by atoms with Crippen molar-refractivity contribution >= 4 is 17.7 Å². The Hall–Kier alpha value is -2.63. The number of nitrogens with one attached hydrogen (secondary N) is 2. The third kappa shape index (κ3) is 2.05. The number of benzene rings is 1. The van der Waals surface area contributed by atoms with Crippen LogP contribution in [0.4, 0.5) is 11.8 Å². The number of aromatic nitrogens is 2. The van der Waals surface area contributed by atoms with Gasteiger partial charge in [-0.3, -0.25) is 14.6 Å². The summed E-state index contributed by atoms with van der Waals surface area (Å²) in [7, 11) is 0. The highest BCUT2D eigenvalue weighted by atomic mass is 16.2. The Labute approximate surface area is 115 Å². The normalized spacial score (nSPS) is 17.4. The molecular weight excluding hydrogens is 256 g/mol. The van der Waals surface area contributed by atoms with Crippen LogP contribution in [0.5, 0.6) is 0 Å². The standard InChI is InChI=1S/C14H14N4O2/c1-7-2-4-8(5-3-7)9-6-10(19)16-12-11(9)13(20)18-14(15)17-12/h2-5,9H,6H2,1H3,(H4,15,16,17,18,19,20). The number of aryl methyl sites for hydroxylation is 1. The van der Waals surface area contributed by atoms with Crippen LogP contribution < -0.4 is 16.6 Å². The Balaban J connectivity index is 2.17. The van der Waals surface area contributed by atoms with E-state index in [9.17, 15) is 9.59 Å². The number of carbonyl (C=O) groups excluding carboxylic acids is 1. The molecule has 3 rings (SSSR count). The van der Waals surface area contributed by atoms with Crippen molar-refractivity contribution in [1.82, 2.24) is 9.97 Å². The van der Waals surface area contributed by atoms with Crippen molar-refractivity contribution in [2.24, 2.45) is 0 Å². The van der Waals surface area contributed by atoms with Crippen molar-refractivity contribution in [3.63, 3.8) is 0 Å². The van der Waals surface area contributed by atoms with Crippen molar-refractivity contribution in [2.75, 3.05) is 11.1 Å². The second kappa shape index (κ2) is 4.48. The fraction of sp³-hybridized carbons (Fsp3) is 0.214. The minimum absolute atomic E-state index is 0.00129. The Morgan fingerprint density at radius 1 is 1.25 bits per heavy atom. The second-order valence-electron chi connectivity index (χ2n) is 4.93. The van der Waals surface area contributed by atoms with Gasteiger partial charge in [0, 0.05) is 12.3 Å². The van der Waals surface area contributed by atoms with Gasteiger partial charge in [-0.25, -0.2) is 0 Å². The fourth-order valence-corrected chi connectivity index (χ4v) is 2.47. The molecule has 102 valence electrons. The van der Waals surface area contributed by atoms with Crippen molar-refractivity contribution in [3.8, 4) is 0 Å². The lowest BCUT2D eigenvalue weighted by Crippen LogP contribution is -2.31. The average molecular weight is 270 g/mol. The Kier molecular flexibility index (Phi) is 2.78. The molecule has 2 heterocycles. The zero-order chi connectivity index (χ0) is 14.3. The highest BCUT2D eigenvalue weighted by Gasteiger charge is 2.30. The Bertz CT molecular complexity index is 734. The number of H-pyrrole nitrogens is 1. The summed E-state index contributed by atoms with van der Waals surface area (Å²) in [4.78, 5) is 30.4. The number of hydrogen-bond donors (Lipinski definition) is 3. The molecule has 0 saturated heterocycles. The van der Waals surface area contributed by atoms with Crippen LogP contribution in [-0.2, 0) is 4.79 Å². The lowest BCUT2D eigenvalue weighted by molar-refractivity contribution is -0.116. The van der Waals surface area contributed by atoms with Crippen LogP contribution in [0.2, 0.25) is 0 Å². The SMILES string of the molecule is Cc1ccc(C2CC(=O)Nc3nc(N)[nH]c(=O)c32)cc1. The summed E-state index contributed by atoms with van der Waals surface area (Å²) >= 11 is 0. The lowest BCUT2D eigenvalue weighted by atomic mass is 9.86. The number of anilines is 2. The van der Waals surface area contributed by atoms with Gasteiger partial charge in [-0.1, -0.05) is 29.8 Å². The van der Waals surface area contributed by atoms with E-state index in [4.69, 9.17) is 5.73 Å². The quantitative estimate of drug-likeness (QED) is 0.723. The number of hydrogen-bond acceptors (Lipinski definition) is 4. The van der Waals surface area contributed by atoms with E-state index >= 15 is 0 Å². The van der Waals surface area contributed by atoms with E-state index in [1.165, 1.54) is 0 Å². The third-order valence-electron chi connectivity index (χ3n) is 3.45. The molecule has 6 heteroatoms. The Morgan fingerprint density at radius 2 is 1.95 bits per heavy atom. The van der Waals surface area contributed by atoms with Crippen LogP contribution in [0.25, 0.3) is 0 Å². The third-order valence-corrected chi connectivity index (χ3v) is 3.45. The van der Waals surface area contributed by atoms with Crippen LogP contribution >= 0.6 is 0 Å². The number of aromatic amines is 1. The predicted molar refractivity (Wildman–Crippen MR) is 75.5 cm³/mol. The van der Waals surface area contributed by atoms with Gasteiger partial charge in [0.15, 0.2) is 0 Å². The number of carbonyl (C=O) groups is 1. The molecular formula is C14H14N4O2. The molecule has 6 nitrogen and oxygen atoms in total. The van der Waals surface area contributed by atoms with Crippen LogP contribution in [0.1, 0.15) is 29.0 Å². The molecule has 1 amide bonds. The summed E-state index contributed by atoms with van der Waals surface area (Å²) in [6, 6.07) is 7.78. The van der Waals surface area contributed by atoms with Gasteiger partial charge in [-0.05, 0) is 12.5 Å². The first kappa shape index (κ1) is 12.4. The van der Waals surface area contributed by atoms with Gasteiger partial charge in [-0.15, -0.1) is 0 Å². The van der Waals surface area contributed by atoms with Gasteiger partial charge in [-0.2, -0.15) is 4.98 Å². The maximum absolute atomic E-state index is 12.1. The molecule has 0 fully saturated rings. The van der Waals surface area contributed by atoms with Gasteiger partial charge in [0.05, 0.1) is 5.56 Å². The first-order valence-corrected chi connectivity index (χ1v) is 6.30. The highest BCUT2D eigenvalue weighted by molar-refractivity contribution is 5.94. The number of rotatable bonds is 1. The van der Waals surface area contributed by atoms with Crippen LogP contribution in [0.15, 0.2) is 29.1 Å². The number of fused-ring (bicyclic) bond motifs is 1. The maximum Gasteiger partial charge on any atom is 0.258 e. The molecule has 1 atom stereocenters. The molecule has 4 N–H and O–H groups in total. The molecule has 0 spiro atoms. The molecule has 0 saturated carbocycles. The summed E-state index contributed by atoms with van der Waals surface area (Å²) < 4.78 is 0. The molecule has 2 aromatic rings. The van der Waals surface area contributed by atoms with Crippen LogP contribution in [-0.4, -0.2) is 15.9 Å². The largest absolute Gasteiger partial charge is 0.369 e. The van der Waals surface area contributed by atoms with Gasteiger partial charge in [0.25, 0.3) is 5.56 Å². The molecule has 0 radical (unpaired) electrons.